The summed E-state index contributed by atoms with van der Waals surface area (Å²) in [6, 6.07) is 1.44. The largest absolute Gasteiger partial charge is 0.478 e. The van der Waals surface area contributed by atoms with Crippen molar-refractivity contribution in [1.82, 2.24) is 9.88 Å². The molecule has 1 aromatic rings. The Hall–Kier alpha value is -1.82. The fourth-order valence-electron chi connectivity index (χ4n) is 2.47. The molecule has 0 aromatic carbocycles. The van der Waals surface area contributed by atoms with Gasteiger partial charge in [-0.2, -0.15) is 0 Å². The number of aromatic carboxylic acids is 1. The minimum absolute atomic E-state index is 0.129. The van der Waals surface area contributed by atoms with Gasteiger partial charge in [-0.1, -0.05) is 0 Å². The van der Waals surface area contributed by atoms with Gasteiger partial charge in [0.25, 0.3) is 0 Å². The zero-order chi connectivity index (χ0) is 13.8. The number of nitrogens with zero attached hydrogens (tertiary/aromatic N) is 2. The monoisotopic (exact) mass is 264 g/mol. The smallest absolute Gasteiger partial charge is 0.339 e. The van der Waals surface area contributed by atoms with Crippen LogP contribution < -0.4 is 11.1 Å². The van der Waals surface area contributed by atoms with Crippen LogP contribution in [0.3, 0.4) is 0 Å². The molecule has 19 heavy (non-hydrogen) atoms. The highest BCUT2D eigenvalue weighted by atomic mass is 16.4. The Balaban J connectivity index is 2.01. The second-order valence-corrected chi connectivity index (χ2v) is 5.12. The standard InChI is InChI=1S/C13H20N4O2/c1-17-4-2-3-9(8-17)6-15-12-11(13(18)19)5-10(14)7-16-12/h5,7,9H,2-4,6,8,14H2,1H3,(H,15,16)(H,18,19). The molecule has 1 aromatic heterocycles. The lowest BCUT2D eigenvalue weighted by Gasteiger charge is -2.29. The van der Waals surface area contributed by atoms with Crippen LogP contribution in [0, 0.1) is 5.92 Å². The van der Waals surface area contributed by atoms with Crippen LogP contribution in [0.5, 0.6) is 0 Å². The van der Waals surface area contributed by atoms with Crippen LogP contribution in [0.25, 0.3) is 0 Å². The van der Waals surface area contributed by atoms with Crippen LogP contribution in [0.4, 0.5) is 11.5 Å². The Labute approximate surface area is 112 Å². The first-order chi connectivity index (χ1) is 9.06. The van der Waals surface area contributed by atoms with E-state index in [1.807, 2.05) is 0 Å². The van der Waals surface area contributed by atoms with Gasteiger partial charge in [-0.25, -0.2) is 9.78 Å². The molecule has 0 aliphatic carbocycles. The number of nitrogen functional groups attached to an aromatic ring is 1. The first kappa shape index (κ1) is 13.6. The van der Waals surface area contributed by atoms with Crippen molar-refractivity contribution in [2.24, 2.45) is 5.92 Å². The van der Waals surface area contributed by atoms with Crippen molar-refractivity contribution in [2.45, 2.75) is 12.8 Å². The van der Waals surface area contributed by atoms with E-state index >= 15 is 0 Å². The number of nitrogens with two attached hydrogens (primary N) is 1. The lowest BCUT2D eigenvalue weighted by molar-refractivity contribution is 0.0697. The third-order valence-electron chi connectivity index (χ3n) is 3.42. The summed E-state index contributed by atoms with van der Waals surface area (Å²) in [5.41, 5.74) is 6.05. The summed E-state index contributed by atoms with van der Waals surface area (Å²) < 4.78 is 0. The summed E-state index contributed by atoms with van der Waals surface area (Å²) in [5, 5.41) is 12.3. The number of piperidine rings is 1. The third-order valence-corrected chi connectivity index (χ3v) is 3.42. The molecule has 0 bridgehead atoms. The maximum absolute atomic E-state index is 11.1. The highest BCUT2D eigenvalue weighted by Gasteiger charge is 2.18. The predicted octanol–water partition coefficient (Wildman–Crippen LogP) is 1.12. The zero-order valence-electron chi connectivity index (χ0n) is 11.1. The second kappa shape index (κ2) is 5.88. The van der Waals surface area contributed by atoms with Gasteiger partial charge in [-0.3, -0.25) is 0 Å². The summed E-state index contributed by atoms with van der Waals surface area (Å²) >= 11 is 0. The van der Waals surface area contributed by atoms with Crippen LogP contribution in [0.2, 0.25) is 0 Å². The molecule has 1 atom stereocenters. The first-order valence-corrected chi connectivity index (χ1v) is 6.47. The predicted molar refractivity (Wildman–Crippen MR) is 74.3 cm³/mol. The minimum Gasteiger partial charge on any atom is -0.478 e. The number of carboxylic acid groups (broad SMARTS) is 1. The quantitative estimate of drug-likeness (QED) is 0.754. The summed E-state index contributed by atoms with van der Waals surface area (Å²) in [4.78, 5) is 17.5. The zero-order valence-corrected chi connectivity index (χ0v) is 11.1. The number of rotatable bonds is 4. The number of carboxylic acids is 1. The number of pyridine rings is 1. The molecule has 6 nitrogen and oxygen atoms in total. The van der Waals surface area contributed by atoms with Gasteiger partial charge in [-0.05, 0) is 38.4 Å². The van der Waals surface area contributed by atoms with Gasteiger partial charge >= 0.3 is 5.97 Å². The molecule has 0 saturated carbocycles. The normalized spacial score (nSPS) is 20.2. The van der Waals surface area contributed by atoms with E-state index < -0.39 is 5.97 Å². The number of hydrogen-bond donors (Lipinski definition) is 3. The summed E-state index contributed by atoms with van der Waals surface area (Å²) in [6.07, 6.45) is 3.82. The van der Waals surface area contributed by atoms with Gasteiger partial charge in [0.2, 0.25) is 0 Å². The molecule has 1 saturated heterocycles. The van der Waals surface area contributed by atoms with Crippen LogP contribution in [-0.2, 0) is 0 Å². The summed E-state index contributed by atoms with van der Waals surface area (Å²) in [7, 11) is 2.11. The number of nitrogens with one attached hydrogen (secondary N) is 1. The third kappa shape index (κ3) is 3.57. The van der Waals surface area contributed by atoms with Crippen LogP contribution >= 0.6 is 0 Å². The van der Waals surface area contributed by atoms with E-state index in [4.69, 9.17) is 10.8 Å². The van der Waals surface area contributed by atoms with Crippen molar-refractivity contribution in [3.63, 3.8) is 0 Å². The number of carbonyl (C=O) groups is 1. The molecule has 0 radical (unpaired) electrons. The van der Waals surface area contributed by atoms with E-state index in [2.05, 4.69) is 22.2 Å². The van der Waals surface area contributed by atoms with E-state index in [1.54, 1.807) is 0 Å². The van der Waals surface area contributed by atoms with E-state index in [0.717, 1.165) is 26.1 Å². The first-order valence-electron chi connectivity index (χ1n) is 6.47. The molecule has 1 unspecified atom stereocenters. The number of aromatic nitrogens is 1. The second-order valence-electron chi connectivity index (χ2n) is 5.12. The van der Waals surface area contributed by atoms with Crippen molar-refractivity contribution in [3.05, 3.63) is 17.8 Å². The average molecular weight is 264 g/mol. The fraction of sp³-hybridized carbons (Fsp3) is 0.538. The van der Waals surface area contributed by atoms with E-state index in [0.29, 0.717) is 17.4 Å². The van der Waals surface area contributed by atoms with Gasteiger partial charge in [0.1, 0.15) is 11.4 Å². The summed E-state index contributed by atoms with van der Waals surface area (Å²) in [6.45, 7) is 2.91. The molecule has 4 N–H and O–H groups in total. The Morgan fingerprint density at radius 3 is 3.16 bits per heavy atom. The highest BCUT2D eigenvalue weighted by molar-refractivity contribution is 5.94. The van der Waals surface area contributed by atoms with Gasteiger partial charge in [-0.15, -0.1) is 0 Å². The van der Waals surface area contributed by atoms with Crippen molar-refractivity contribution in [2.75, 3.05) is 37.7 Å². The molecule has 2 heterocycles. The molecule has 1 aliphatic rings. The maximum Gasteiger partial charge on any atom is 0.339 e. The van der Waals surface area contributed by atoms with Gasteiger partial charge in [0.05, 0.1) is 11.9 Å². The molecule has 2 rings (SSSR count). The molecular weight excluding hydrogens is 244 g/mol. The summed E-state index contributed by atoms with van der Waals surface area (Å²) in [5.74, 6) is -0.0854. The SMILES string of the molecule is CN1CCCC(CNc2ncc(N)cc2C(=O)O)C1. The maximum atomic E-state index is 11.1. The van der Waals surface area contributed by atoms with Gasteiger partial charge in [0.15, 0.2) is 0 Å². The average Bonchev–Trinajstić information content (AvgIpc) is 2.37. The van der Waals surface area contributed by atoms with Crippen molar-refractivity contribution in [1.29, 1.82) is 0 Å². The van der Waals surface area contributed by atoms with Gasteiger partial charge in [0, 0.05) is 13.1 Å². The van der Waals surface area contributed by atoms with Crippen molar-refractivity contribution < 1.29 is 9.90 Å². The number of anilines is 2. The topological polar surface area (TPSA) is 91.5 Å². The van der Waals surface area contributed by atoms with Crippen LogP contribution in [0.1, 0.15) is 23.2 Å². The Morgan fingerprint density at radius 1 is 1.68 bits per heavy atom. The Morgan fingerprint density at radius 2 is 2.47 bits per heavy atom. The molecule has 1 aliphatic heterocycles. The molecule has 0 spiro atoms. The Kier molecular flexibility index (Phi) is 4.21. The van der Waals surface area contributed by atoms with Crippen LogP contribution in [-0.4, -0.2) is 47.6 Å². The highest BCUT2D eigenvalue weighted by Crippen LogP contribution is 2.19. The molecule has 0 amide bonds. The van der Waals surface area contributed by atoms with Gasteiger partial charge < -0.3 is 21.1 Å². The van der Waals surface area contributed by atoms with E-state index in [1.165, 1.54) is 18.7 Å². The minimum atomic E-state index is -1.01. The van der Waals surface area contributed by atoms with E-state index in [9.17, 15) is 4.79 Å². The fourth-order valence-corrected chi connectivity index (χ4v) is 2.47. The molecule has 104 valence electrons. The molecular formula is C13H20N4O2. The molecule has 6 heteroatoms. The lowest BCUT2D eigenvalue weighted by Crippen LogP contribution is -2.35. The van der Waals surface area contributed by atoms with Crippen LogP contribution in [0.15, 0.2) is 12.3 Å². The molecule has 1 fully saturated rings. The lowest BCUT2D eigenvalue weighted by atomic mass is 9.98. The van der Waals surface area contributed by atoms with E-state index in [-0.39, 0.29) is 5.56 Å². The van der Waals surface area contributed by atoms with Crippen molar-refractivity contribution in [3.8, 4) is 0 Å². The number of hydrogen-bond acceptors (Lipinski definition) is 5. The Bertz CT molecular complexity index is 464. The number of likely N-dealkylation sites (tertiary alicyclic amines) is 1. The van der Waals surface area contributed by atoms with Crippen molar-refractivity contribution >= 4 is 17.5 Å².